The highest BCUT2D eigenvalue weighted by atomic mass is 19.1. The molecular formula is C30H33FN6O3. The molecule has 1 aliphatic rings. The molecule has 2 aromatic heterocycles. The second-order valence-corrected chi connectivity index (χ2v) is 10.3. The SMILES string of the molecule is COc1ccc(F)cc1C(=O)NCc1ccc(-c2nc(C3CCN(C(=O)C(C)C)CC3)c3ccnc(N)n23)cc1. The zero-order valence-electron chi connectivity index (χ0n) is 22.9. The number of ether oxygens (including phenoxy) is 1. The lowest BCUT2D eigenvalue weighted by molar-refractivity contribution is -0.135. The van der Waals surface area contributed by atoms with Crippen LogP contribution in [0.15, 0.2) is 54.7 Å². The van der Waals surface area contributed by atoms with Crippen molar-refractivity contribution >= 4 is 23.3 Å². The van der Waals surface area contributed by atoms with E-state index in [-0.39, 0.29) is 29.9 Å². The van der Waals surface area contributed by atoms with Gasteiger partial charge in [0.2, 0.25) is 11.9 Å². The predicted octanol–water partition coefficient (Wildman–Crippen LogP) is 4.42. The Kier molecular flexibility index (Phi) is 7.68. The zero-order chi connectivity index (χ0) is 28.4. The van der Waals surface area contributed by atoms with E-state index in [9.17, 15) is 14.0 Å². The molecule has 2 aromatic carbocycles. The average Bonchev–Trinajstić information content (AvgIpc) is 3.37. The number of carbonyl (C=O) groups is 2. The molecule has 0 aliphatic carbocycles. The van der Waals surface area contributed by atoms with Crippen molar-refractivity contribution in [3.05, 3.63) is 77.4 Å². The normalized spacial score (nSPS) is 14.1. The molecule has 1 fully saturated rings. The van der Waals surface area contributed by atoms with E-state index in [0.717, 1.165) is 41.2 Å². The molecule has 2 amide bonds. The van der Waals surface area contributed by atoms with Crippen LogP contribution in [0.5, 0.6) is 5.75 Å². The summed E-state index contributed by atoms with van der Waals surface area (Å²) < 4.78 is 20.7. The van der Waals surface area contributed by atoms with Crippen LogP contribution in [-0.2, 0) is 11.3 Å². The molecule has 1 saturated heterocycles. The molecule has 9 nitrogen and oxygen atoms in total. The number of hydrogen-bond donors (Lipinski definition) is 2. The number of anilines is 1. The largest absolute Gasteiger partial charge is 0.496 e. The molecule has 0 atom stereocenters. The summed E-state index contributed by atoms with van der Waals surface area (Å²) in [5.41, 5.74) is 10.0. The Morgan fingerprint density at radius 2 is 1.85 bits per heavy atom. The molecule has 3 heterocycles. The fourth-order valence-electron chi connectivity index (χ4n) is 5.22. The Bertz CT molecular complexity index is 1540. The van der Waals surface area contributed by atoms with Gasteiger partial charge >= 0.3 is 0 Å². The fraction of sp³-hybridized carbons (Fsp3) is 0.333. The molecule has 0 bridgehead atoms. The average molecular weight is 545 g/mol. The summed E-state index contributed by atoms with van der Waals surface area (Å²) in [5, 5.41) is 2.82. The molecule has 1 aliphatic heterocycles. The van der Waals surface area contributed by atoms with Crippen LogP contribution in [-0.4, -0.2) is 51.3 Å². The number of nitrogen functional groups attached to an aromatic ring is 1. The number of amides is 2. The van der Waals surface area contributed by atoms with Gasteiger partial charge in [-0.15, -0.1) is 0 Å². The molecule has 0 spiro atoms. The number of nitrogens with two attached hydrogens (primary N) is 1. The van der Waals surface area contributed by atoms with Crippen LogP contribution in [0.25, 0.3) is 16.9 Å². The van der Waals surface area contributed by atoms with Gasteiger partial charge in [-0.2, -0.15) is 0 Å². The van der Waals surface area contributed by atoms with Crippen LogP contribution < -0.4 is 15.8 Å². The van der Waals surface area contributed by atoms with Gasteiger partial charge in [0, 0.05) is 43.2 Å². The summed E-state index contributed by atoms with van der Waals surface area (Å²) >= 11 is 0. The van der Waals surface area contributed by atoms with E-state index in [0.29, 0.717) is 30.6 Å². The number of hydrogen-bond acceptors (Lipinski definition) is 6. The molecular weight excluding hydrogens is 511 g/mol. The zero-order valence-corrected chi connectivity index (χ0v) is 22.9. The van der Waals surface area contributed by atoms with E-state index in [1.165, 1.54) is 19.2 Å². The van der Waals surface area contributed by atoms with Crippen molar-refractivity contribution in [1.29, 1.82) is 0 Å². The van der Waals surface area contributed by atoms with Gasteiger partial charge in [-0.1, -0.05) is 38.1 Å². The number of carbonyl (C=O) groups excluding carboxylic acids is 2. The lowest BCUT2D eigenvalue weighted by Crippen LogP contribution is -2.40. The number of piperidine rings is 1. The van der Waals surface area contributed by atoms with Gasteiger partial charge in [0.15, 0.2) is 0 Å². The fourth-order valence-corrected chi connectivity index (χ4v) is 5.22. The summed E-state index contributed by atoms with van der Waals surface area (Å²) in [4.78, 5) is 36.4. The van der Waals surface area contributed by atoms with Gasteiger partial charge in [0.1, 0.15) is 17.4 Å². The predicted molar refractivity (Wildman–Crippen MR) is 150 cm³/mol. The van der Waals surface area contributed by atoms with E-state index in [2.05, 4.69) is 10.3 Å². The Hall–Kier alpha value is -4.47. The van der Waals surface area contributed by atoms with E-state index < -0.39 is 11.7 Å². The molecule has 40 heavy (non-hydrogen) atoms. The summed E-state index contributed by atoms with van der Waals surface area (Å²) in [6, 6.07) is 13.4. The third-order valence-electron chi connectivity index (χ3n) is 7.37. The van der Waals surface area contributed by atoms with Crippen LogP contribution >= 0.6 is 0 Å². The van der Waals surface area contributed by atoms with E-state index in [1.807, 2.05) is 53.5 Å². The molecule has 208 valence electrons. The number of nitrogens with zero attached hydrogens (tertiary/aromatic N) is 4. The Morgan fingerprint density at radius 3 is 2.52 bits per heavy atom. The van der Waals surface area contributed by atoms with Crippen molar-refractivity contribution in [3.63, 3.8) is 0 Å². The van der Waals surface area contributed by atoms with Gasteiger partial charge in [0.25, 0.3) is 5.91 Å². The first kappa shape index (κ1) is 27.1. The number of fused-ring (bicyclic) bond motifs is 1. The first-order valence-corrected chi connectivity index (χ1v) is 13.4. The van der Waals surface area contributed by atoms with Crippen molar-refractivity contribution in [2.75, 3.05) is 25.9 Å². The summed E-state index contributed by atoms with van der Waals surface area (Å²) in [6.45, 7) is 5.53. The first-order chi connectivity index (χ1) is 19.3. The third kappa shape index (κ3) is 5.34. The second kappa shape index (κ2) is 11.3. The van der Waals surface area contributed by atoms with Crippen LogP contribution in [0.1, 0.15) is 54.2 Å². The minimum atomic E-state index is -0.509. The maximum atomic E-state index is 13.7. The van der Waals surface area contributed by atoms with E-state index >= 15 is 0 Å². The van der Waals surface area contributed by atoms with Crippen molar-refractivity contribution in [1.82, 2.24) is 24.6 Å². The van der Waals surface area contributed by atoms with Crippen LogP contribution in [0.4, 0.5) is 10.3 Å². The smallest absolute Gasteiger partial charge is 0.255 e. The standard InChI is InChI=1S/C30H33FN6O3/c1-18(2)29(39)36-14-11-20(12-15-36)26-24-10-13-33-30(32)37(24)27(35-26)21-6-4-19(5-7-21)17-34-28(38)23-16-22(31)8-9-25(23)40-3/h4-10,13,16,18,20H,11-12,14-15,17H2,1-3H3,(H2,32,33)(H,34,38). The maximum absolute atomic E-state index is 13.7. The third-order valence-corrected chi connectivity index (χ3v) is 7.37. The molecule has 0 radical (unpaired) electrons. The number of imidazole rings is 1. The van der Waals surface area contributed by atoms with Crippen molar-refractivity contribution in [3.8, 4) is 17.1 Å². The topological polar surface area (TPSA) is 115 Å². The van der Waals surface area contributed by atoms with Crippen LogP contribution in [0.3, 0.4) is 0 Å². The van der Waals surface area contributed by atoms with E-state index in [4.69, 9.17) is 15.5 Å². The van der Waals surface area contributed by atoms with Gasteiger partial charge in [-0.3, -0.25) is 14.0 Å². The number of methoxy groups -OCH3 is 1. The van der Waals surface area contributed by atoms with Crippen molar-refractivity contribution < 1.29 is 18.7 Å². The first-order valence-electron chi connectivity index (χ1n) is 13.4. The number of nitrogens with one attached hydrogen (secondary N) is 1. The second-order valence-electron chi connectivity index (χ2n) is 10.3. The van der Waals surface area contributed by atoms with Crippen LogP contribution in [0, 0.1) is 11.7 Å². The molecule has 4 aromatic rings. The highest BCUT2D eigenvalue weighted by molar-refractivity contribution is 5.96. The number of rotatable bonds is 7. The molecule has 0 saturated carbocycles. The summed E-state index contributed by atoms with van der Waals surface area (Å²) in [6.07, 6.45) is 3.36. The quantitative estimate of drug-likeness (QED) is 0.356. The van der Waals surface area contributed by atoms with Gasteiger partial charge in [-0.05, 0) is 42.7 Å². The van der Waals surface area contributed by atoms with Crippen LogP contribution in [0.2, 0.25) is 0 Å². The molecule has 5 rings (SSSR count). The minimum Gasteiger partial charge on any atom is -0.496 e. The van der Waals surface area contributed by atoms with Crippen molar-refractivity contribution in [2.45, 2.75) is 39.2 Å². The molecule has 3 N–H and O–H groups in total. The number of aromatic nitrogens is 3. The lowest BCUT2D eigenvalue weighted by atomic mass is 9.92. The Balaban J connectivity index is 1.35. The molecule has 10 heteroatoms. The van der Waals surface area contributed by atoms with Crippen molar-refractivity contribution in [2.24, 2.45) is 5.92 Å². The number of benzene rings is 2. The lowest BCUT2D eigenvalue weighted by Gasteiger charge is -2.32. The number of halogens is 1. The maximum Gasteiger partial charge on any atom is 0.255 e. The Labute approximate surface area is 232 Å². The van der Waals surface area contributed by atoms with Gasteiger partial charge in [0.05, 0.1) is 23.9 Å². The highest BCUT2D eigenvalue weighted by Gasteiger charge is 2.29. The summed E-state index contributed by atoms with van der Waals surface area (Å²) in [5.74, 6) is 0.789. The molecule has 0 unspecified atom stereocenters. The monoisotopic (exact) mass is 544 g/mol. The summed E-state index contributed by atoms with van der Waals surface area (Å²) in [7, 11) is 1.44. The highest BCUT2D eigenvalue weighted by Crippen LogP contribution is 2.34. The minimum absolute atomic E-state index is 0.0112. The van der Waals surface area contributed by atoms with E-state index in [1.54, 1.807) is 6.20 Å². The number of likely N-dealkylation sites (tertiary alicyclic amines) is 1. The Morgan fingerprint density at radius 1 is 1.12 bits per heavy atom. The van der Waals surface area contributed by atoms with Gasteiger partial charge in [-0.25, -0.2) is 14.4 Å². The van der Waals surface area contributed by atoms with Gasteiger partial charge < -0.3 is 20.7 Å².